The topological polar surface area (TPSA) is 291 Å². The maximum atomic E-state index is 14.6. The van der Waals surface area contributed by atoms with E-state index in [-0.39, 0.29) is 56.4 Å². The molecule has 0 aromatic rings. The number of hydrogen-bond acceptors (Lipinski definition) is 19. The zero-order valence-corrected chi connectivity index (χ0v) is 49.0. The van der Waals surface area contributed by atoms with Gasteiger partial charge in [0.25, 0.3) is 11.7 Å². The lowest BCUT2D eigenvalue weighted by atomic mass is 9.80. The molecule has 1 unspecified atom stereocenters. The fourth-order valence-electron chi connectivity index (χ4n) is 11.0. The second-order valence-electron chi connectivity index (χ2n) is 22.4. The van der Waals surface area contributed by atoms with E-state index in [4.69, 9.17) is 48.4 Å². The highest BCUT2D eigenvalue weighted by Crippen LogP contribution is 2.37. The summed E-state index contributed by atoms with van der Waals surface area (Å²) in [6.07, 6.45) is 6.73. The molecule has 3 aliphatic heterocycles. The lowest BCUT2D eigenvalue weighted by molar-refractivity contribution is -0.265. The zero-order chi connectivity index (χ0) is 58.9. The van der Waals surface area contributed by atoms with Gasteiger partial charge in [0.2, 0.25) is 5.79 Å². The summed E-state index contributed by atoms with van der Waals surface area (Å²) in [5.74, 6) is -8.32. The van der Waals surface area contributed by atoms with E-state index in [0.717, 1.165) is 10.5 Å². The molecule has 456 valence electrons. The smallest absolute Gasteiger partial charge is 0.407 e. The number of methoxy groups -OCH3 is 3. The second kappa shape index (κ2) is 35.2. The molecule has 1 aliphatic carbocycles. The van der Waals surface area contributed by atoms with Crippen LogP contribution in [0.25, 0.3) is 0 Å². The van der Waals surface area contributed by atoms with E-state index >= 15 is 0 Å². The SMILES string of the molecule is COCCOCCOCCOCCNC(=O)O[C@@H]1CCC(C[C@@H](N)[C@@H]2C[C@@H](O)[C@H](C)/C=C(\C)[C@@H](O)[C@@H](O)C(=O)[C@H](C)C[C@H](C)/C=C/C=C/C=C(\C)[C@@H](OC)C[C@@H]3CC[C@@H](C)[C@@](O)(O3)C(=O)C(=O)N3CCCC[C@H]3C(=O)O2)C[C@H]1OC. The first-order valence-corrected chi connectivity index (χ1v) is 28.9. The largest absolute Gasteiger partial charge is 0.459 e. The van der Waals surface area contributed by atoms with Gasteiger partial charge < -0.3 is 79.0 Å². The van der Waals surface area contributed by atoms with E-state index in [1.54, 1.807) is 48.0 Å². The minimum Gasteiger partial charge on any atom is -0.459 e. The van der Waals surface area contributed by atoms with Crippen LogP contribution in [0.1, 0.15) is 119 Å². The normalized spacial score (nSPS) is 35.9. The Bertz CT molecular complexity index is 2050. The summed E-state index contributed by atoms with van der Waals surface area (Å²) in [5, 5.41) is 48.9. The number of hydrogen-bond donors (Lipinski definition) is 6. The van der Waals surface area contributed by atoms with Crippen molar-refractivity contribution in [3.63, 3.8) is 0 Å². The van der Waals surface area contributed by atoms with Crippen LogP contribution in [0, 0.1) is 29.6 Å². The number of cyclic esters (lactones) is 1. The van der Waals surface area contributed by atoms with Gasteiger partial charge in [-0.25, -0.2) is 9.59 Å². The molecular formula is C59H97N3O18. The van der Waals surface area contributed by atoms with Crippen LogP contribution in [-0.2, 0) is 61.8 Å². The van der Waals surface area contributed by atoms with Gasteiger partial charge in [-0.3, -0.25) is 14.4 Å². The molecule has 0 radical (unpaired) electrons. The number of esters is 1. The number of ketones is 2. The fourth-order valence-corrected chi connectivity index (χ4v) is 11.0. The predicted molar refractivity (Wildman–Crippen MR) is 297 cm³/mol. The number of aliphatic hydroxyl groups is 4. The van der Waals surface area contributed by atoms with Gasteiger partial charge in [-0.15, -0.1) is 0 Å². The highest BCUT2D eigenvalue weighted by molar-refractivity contribution is 6.39. The molecule has 0 aromatic heterocycles. The van der Waals surface area contributed by atoms with Crippen molar-refractivity contribution in [2.45, 2.75) is 185 Å². The van der Waals surface area contributed by atoms with Gasteiger partial charge in [-0.05, 0) is 101 Å². The molecule has 1 saturated carbocycles. The van der Waals surface area contributed by atoms with E-state index in [0.29, 0.717) is 97.4 Å². The van der Waals surface area contributed by atoms with Crippen LogP contribution >= 0.6 is 0 Å². The Kier molecular flexibility index (Phi) is 30.2. The molecule has 21 heteroatoms. The number of rotatable bonds is 18. The average molecular weight is 1140 g/mol. The lowest BCUT2D eigenvalue weighted by Crippen LogP contribution is -2.61. The van der Waals surface area contributed by atoms with Gasteiger partial charge in [0.15, 0.2) is 5.78 Å². The number of piperidine rings is 1. The Morgan fingerprint density at radius 3 is 2.15 bits per heavy atom. The second-order valence-corrected chi connectivity index (χ2v) is 22.4. The first kappa shape index (κ1) is 68.5. The Morgan fingerprint density at radius 1 is 0.787 bits per heavy atom. The van der Waals surface area contributed by atoms with Gasteiger partial charge in [-0.2, -0.15) is 0 Å². The summed E-state index contributed by atoms with van der Waals surface area (Å²) in [6, 6.07) is -2.11. The molecule has 4 aliphatic rings. The van der Waals surface area contributed by atoms with E-state index < -0.39 is 114 Å². The van der Waals surface area contributed by atoms with Crippen LogP contribution < -0.4 is 11.1 Å². The third-order valence-electron chi connectivity index (χ3n) is 16.1. The van der Waals surface area contributed by atoms with Crippen LogP contribution in [0.5, 0.6) is 0 Å². The summed E-state index contributed by atoms with van der Waals surface area (Å²) in [5.41, 5.74) is 8.09. The standard InChI is InChI=1S/C59H97N3O18/c1-37-15-11-10-12-16-38(2)49(73-8)35-44-20-18-42(6)59(71,80-44)55(67)56(68)62-23-14-13-17-46(62)57(69)78-50(36-47(63)39(3)32-41(5)53(65)54(66)52(64)40(4)31-37)45(60)33-43-19-21-48(51(34-43)74-9)79-58(70)61-22-24-75-27-28-77-30-29-76-26-25-72-7/h10-12,15-16,32,37,39-40,42-51,53-54,63,65-66,71H,13-14,17-31,33-36,60H2,1-9H3,(H,61,70)/b12-10+,15-11+,38-16+,41-32+/t37-,39-,40-,42-,43?,44+,45-,46+,47-,48-,49+,50+,51-,53-,54+,59-/m1/s1. The molecule has 21 nitrogen and oxygen atoms in total. The van der Waals surface area contributed by atoms with Crippen molar-refractivity contribution in [3.8, 4) is 0 Å². The number of allylic oxidation sites excluding steroid dienone is 5. The quantitative estimate of drug-likeness (QED) is 0.0479. The van der Waals surface area contributed by atoms with Gasteiger partial charge in [0, 0.05) is 71.1 Å². The van der Waals surface area contributed by atoms with E-state index in [2.05, 4.69) is 5.32 Å². The lowest BCUT2D eigenvalue weighted by Gasteiger charge is -2.42. The number of alkyl carbamates (subject to hydrolysis) is 1. The number of nitrogens with two attached hydrogens (primary N) is 1. The first-order valence-electron chi connectivity index (χ1n) is 28.9. The Labute approximate surface area is 474 Å². The van der Waals surface area contributed by atoms with Gasteiger partial charge in [-0.1, -0.05) is 64.2 Å². The van der Waals surface area contributed by atoms with Gasteiger partial charge >= 0.3 is 12.1 Å². The molecule has 0 spiro atoms. The third-order valence-corrected chi connectivity index (χ3v) is 16.1. The summed E-state index contributed by atoms with van der Waals surface area (Å²) >= 11 is 0. The molecule has 2 saturated heterocycles. The van der Waals surface area contributed by atoms with Crippen LogP contribution in [-0.4, -0.2) is 202 Å². The van der Waals surface area contributed by atoms with Crippen molar-refractivity contribution >= 4 is 29.5 Å². The monoisotopic (exact) mass is 1140 g/mol. The molecule has 3 fully saturated rings. The minimum atomic E-state index is -2.48. The Balaban J connectivity index is 1.53. The molecule has 80 heavy (non-hydrogen) atoms. The number of nitrogens with one attached hydrogen (secondary N) is 1. The molecule has 2 amide bonds. The maximum Gasteiger partial charge on any atom is 0.407 e. The van der Waals surface area contributed by atoms with Crippen molar-refractivity contribution < 1.29 is 87.0 Å². The summed E-state index contributed by atoms with van der Waals surface area (Å²) in [6.45, 7) is 13.5. The van der Waals surface area contributed by atoms with E-state index in [1.807, 2.05) is 44.2 Å². The van der Waals surface area contributed by atoms with E-state index in [1.165, 1.54) is 7.11 Å². The van der Waals surface area contributed by atoms with Crippen LogP contribution in [0.3, 0.4) is 0 Å². The van der Waals surface area contributed by atoms with Crippen LogP contribution in [0.15, 0.2) is 47.6 Å². The highest BCUT2D eigenvalue weighted by atomic mass is 16.6. The zero-order valence-electron chi connectivity index (χ0n) is 49.0. The van der Waals surface area contributed by atoms with Crippen molar-refractivity contribution in [1.82, 2.24) is 10.2 Å². The fraction of sp³-hybridized carbons (Fsp3) is 0.780. The Morgan fingerprint density at radius 2 is 1.48 bits per heavy atom. The first-order chi connectivity index (χ1) is 38.1. The number of fused-ring (bicyclic) bond motifs is 3. The van der Waals surface area contributed by atoms with E-state index in [9.17, 15) is 44.4 Å². The number of aliphatic hydroxyl groups excluding tert-OH is 3. The van der Waals surface area contributed by atoms with Gasteiger partial charge in [0.05, 0.1) is 70.7 Å². The molecule has 0 aromatic carbocycles. The molecule has 2 bridgehead atoms. The summed E-state index contributed by atoms with van der Waals surface area (Å²) < 4.78 is 51.2. The third kappa shape index (κ3) is 21.3. The van der Waals surface area contributed by atoms with Crippen LogP contribution in [0.4, 0.5) is 4.79 Å². The van der Waals surface area contributed by atoms with Crippen molar-refractivity contribution in [2.24, 2.45) is 35.3 Å². The molecular weight excluding hydrogens is 1040 g/mol. The number of ether oxygens (including phenoxy) is 9. The number of carbonyl (C=O) groups is 5. The maximum absolute atomic E-state index is 14.6. The number of carbonyl (C=O) groups excluding carboxylic acids is 5. The number of amides is 2. The Hall–Kier alpha value is -3.97. The molecule has 16 atom stereocenters. The average Bonchev–Trinajstić information content (AvgIpc) is 3.45. The van der Waals surface area contributed by atoms with Crippen LogP contribution in [0.2, 0.25) is 0 Å². The van der Waals surface area contributed by atoms with Gasteiger partial charge in [0.1, 0.15) is 30.5 Å². The van der Waals surface area contributed by atoms with Crippen molar-refractivity contribution in [3.05, 3.63) is 47.6 Å². The number of nitrogens with zero attached hydrogens (tertiary/aromatic N) is 1. The van der Waals surface area contributed by atoms with Crippen molar-refractivity contribution in [2.75, 3.05) is 80.7 Å². The summed E-state index contributed by atoms with van der Waals surface area (Å²) in [4.78, 5) is 70.7. The highest BCUT2D eigenvalue weighted by Gasteiger charge is 2.53. The molecule has 7 N–H and O–H groups in total. The number of Topliss-reactive ketones (excluding diaryl/α,β-unsaturated/α-hetero) is 2. The predicted octanol–water partition coefficient (Wildman–Crippen LogP) is 4.44. The molecule has 3 heterocycles. The minimum absolute atomic E-state index is 0.0313. The van der Waals surface area contributed by atoms with Crippen molar-refractivity contribution in [1.29, 1.82) is 0 Å². The summed E-state index contributed by atoms with van der Waals surface area (Å²) in [7, 11) is 4.69. The molecule has 4 rings (SSSR count).